The summed E-state index contributed by atoms with van der Waals surface area (Å²) in [6.45, 7) is 2.27. The molecule has 1 rings (SSSR count). The zero-order valence-corrected chi connectivity index (χ0v) is 16.6. The minimum atomic E-state index is 0.116. The van der Waals surface area contributed by atoms with E-state index in [2.05, 4.69) is 31.2 Å². The SMILES string of the molecule is CCCCCCC[CH2][AlH][CH2]CCC(=O)CCCc1ccccc1. The summed E-state index contributed by atoms with van der Waals surface area (Å²) in [6.07, 6.45) is 13.3. The number of carbonyl (C=O) groups excluding carboxylic acids is 1. The molecule has 0 saturated heterocycles. The van der Waals surface area contributed by atoms with Gasteiger partial charge in [-0.3, -0.25) is 4.79 Å². The third-order valence-electron chi connectivity index (χ3n) is 4.57. The lowest BCUT2D eigenvalue weighted by Gasteiger charge is -2.02. The van der Waals surface area contributed by atoms with Gasteiger partial charge in [-0.25, -0.2) is 0 Å². The average Bonchev–Trinajstić information content (AvgIpc) is 2.57. The average molecular weight is 330 g/mol. The second kappa shape index (κ2) is 15.0. The maximum atomic E-state index is 11.9. The van der Waals surface area contributed by atoms with E-state index in [1.165, 1.54) is 54.7 Å². The van der Waals surface area contributed by atoms with Crippen molar-refractivity contribution >= 4 is 21.0 Å². The highest BCUT2D eigenvalue weighted by Crippen LogP contribution is 2.10. The van der Waals surface area contributed by atoms with Gasteiger partial charge in [0.05, 0.1) is 0 Å². The fourth-order valence-electron chi connectivity index (χ4n) is 3.07. The number of unbranched alkanes of at least 4 members (excludes halogenated alkanes) is 5. The fraction of sp³-hybridized carbons (Fsp3) is 0.667. The summed E-state index contributed by atoms with van der Waals surface area (Å²) in [5.41, 5.74) is 1.35. The van der Waals surface area contributed by atoms with Crippen LogP contribution in [-0.2, 0) is 11.2 Å². The van der Waals surface area contributed by atoms with Crippen LogP contribution in [0.15, 0.2) is 30.3 Å². The molecule has 0 unspecified atom stereocenters. The Labute approximate surface area is 150 Å². The van der Waals surface area contributed by atoms with Gasteiger partial charge in [0.25, 0.3) is 0 Å². The maximum Gasteiger partial charge on any atom is 0.236 e. The van der Waals surface area contributed by atoms with Gasteiger partial charge in [0, 0.05) is 12.8 Å². The number of rotatable bonds is 15. The molecule has 1 aromatic rings. The zero-order chi connectivity index (χ0) is 16.6. The van der Waals surface area contributed by atoms with Gasteiger partial charge in [-0.05, 0) is 18.4 Å². The van der Waals surface area contributed by atoms with Gasteiger partial charge in [0.15, 0.2) is 0 Å². The number of hydrogen-bond donors (Lipinski definition) is 0. The molecular weight excluding hydrogens is 295 g/mol. The lowest BCUT2D eigenvalue weighted by atomic mass is 10.1. The summed E-state index contributed by atoms with van der Waals surface area (Å²) in [4.78, 5) is 11.9. The third kappa shape index (κ3) is 12.5. The molecule has 0 aliphatic rings. The topological polar surface area (TPSA) is 17.1 Å². The molecule has 0 amide bonds. The molecule has 0 radical (unpaired) electrons. The van der Waals surface area contributed by atoms with Crippen LogP contribution in [-0.4, -0.2) is 21.0 Å². The number of Topliss-reactive ketones (excluding diaryl/α,β-unsaturated/α-hetero) is 1. The Morgan fingerprint density at radius 2 is 1.48 bits per heavy atom. The van der Waals surface area contributed by atoms with Gasteiger partial charge in [0.1, 0.15) is 5.78 Å². The van der Waals surface area contributed by atoms with Crippen LogP contribution >= 0.6 is 0 Å². The van der Waals surface area contributed by atoms with Gasteiger partial charge < -0.3 is 0 Å². The van der Waals surface area contributed by atoms with Crippen molar-refractivity contribution in [3.63, 3.8) is 0 Å². The van der Waals surface area contributed by atoms with Crippen molar-refractivity contribution in [1.82, 2.24) is 0 Å². The van der Waals surface area contributed by atoms with Crippen LogP contribution in [0.5, 0.6) is 0 Å². The second-order valence-corrected chi connectivity index (χ2v) is 8.93. The molecule has 128 valence electrons. The number of carbonyl (C=O) groups is 1. The summed E-state index contributed by atoms with van der Waals surface area (Å²) in [6, 6.07) is 10.5. The Kier molecular flexibility index (Phi) is 13.3. The summed E-state index contributed by atoms with van der Waals surface area (Å²) < 4.78 is 0. The lowest BCUT2D eigenvalue weighted by molar-refractivity contribution is -0.119. The first-order chi connectivity index (χ1) is 11.3. The van der Waals surface area contributed by atoms with E-state index in [4.69, 9.17) is 0 Å². The normalized spacial score (nSPS) is 10.7. The molecule has 23 heavy (non-hydrogen) atoms. The van der Waals surface area contributed by atoms with Crippen molar-refractivity contribution in [1.29, 1.82) is 0 Å². The molecule has 0 aromatic heterocycles. The van der Waals surface area contributed by atoms with E-state index in [-0.39, 0.29) is 15.2 Å². The van der Waals surface area contributed by atoms with Crippen molar-refractivity contribution in [3.8, 4) is 0 Å². The molecule has 0 atom stereocenters. The Balaban J connectivity index is 1.85. The molecule has 1 nitrogen and oxygen atoms in total. The molecule has 0 heterocycles. The predicted octanol–water partition coefficient (Wildman–Crippen LogP) is 5.99. The van der Waals surface area contributed by atoms with E-state index in [1.54, 1.807) is 0 Å². The fourth-order valence-corrected chi connectivity index (χ4v) is 4.73. The first-order valence-electron chi connectivity index (χ1n) is 9.88. The van der Waals surface area contributed by atoms with Crippen molar-refractivity contribution in [2.75, 3.05) is 0 Å². The van der Waals surface area contributed by atoms with Crippen LogP contribution < -0.4 is 0 Å². The number of ketones is 1. The van der Waals surface area contributed by atoms with E-state index >= 15 is 0 Å². The summed E-state index contributed by atoms with van der Waals surface area (Å²) in [5, 5.41) is 2.87. The molecule has 0 fully saturated rings. The molecule has 0 N–H and O–H groups in total. The quantitative estimate of drug-likeness (QED) is 0.285. The minimum Gasteiger partial charge on any atom is -0.300 e. The molecular formula is C21H35AlO. The minimum absolute atomic E-state index is 0.116. The van der Waals surface area contributed by atoms with E-state index in [0.717, 1.165) is 32.1 Å². The summed E-state index contributed by atoms with van der Waals surface area (Å²) >= 11 is 0.116. The van der Waals surface area contributed by atoms with Gasteiger partial charge in [0.2, 0.25) is 15.2 Å². The molecule has 0 saturated carbocycles. The van der Waals surface area contributed by atoms with E-state index in [0.29, 0.717) is 5.78 Å². The first kappa shape index (κ1) is 20.5. The van der Waals surface area contributed by atoms with Gasteiger partial charge in [-0.15, -0.1) is 0 Å². The Hall–Kier alpha value is -0.578. The molecule has 0 aliphatic carbocycles. The molecule has 0 spiro atoms. The highest BCUT2D eigenvalue weighted by Gasteiger charge is 2.03. The zero-order valence-electron chi connectivity index (χ0n) is 15.2. The second-order valence-electron chi connectivity index (χ2n) is 6.81. The lowest BCUT2D eigenvalue weighted by Crippen LogP contribution is -2.00. The number of hydrogen-bond acceptors (Lipinski definition) is 1. The predicted molar refractivity (Wildman–Crippen MR) is 104 cm³/mol. The Morgan fingerprint density at radius 3 is 2.26 bits per heavy atom. The van der Waals surface area contributed by atoms with Gasteiger partial charge >= 0.3 is 0 Å². The first-order valence-corrected chi connectivity index (χ1v) is 11.9. The number of aryl methyl sites for hydroxylation is 1. The smallest absolute Gasteiger partial charge is 0.236 e. The molecule has 0 aliphatic heterocycles. The monoisotopic (exact) mass is 330 g/mol. The van der Waals surface area contributed by atoms with Crippen LogP contribution in [0.1, 0.15) is 76.7 Å². The third-order valence-corrected chi connectivity index (χ3v) is 6.57. The van der Waals surface area contributed by atoms with Crippen LogP contribution in [0.2, 0.25) is 10.6 Å². The van der Waals surface area contributed by atoms with Crippen LogP contribution in [0, 0.1) is 0 Å². The molecule has 0 bridgehead atoms. The molecule has 1 aromatic carbocycles. The van der Waals surface area contributed by atoms with Crippen molar-refractivity contribution in [2.45, 2.75) is 88.1 Å². The summed E-state index contributed by atoms with van der Waals surface area (Å²) in [7, 11) is 0. The highest BCUT2D eigenvalue weighted by atomic mass is 27.1. The van der Waals surface area contributed by atoms with Crippen molar-refractivity contribution in [3.05, 3.63) is 35.9 Å². The van der Waals surface area contributed by atoms with Crippen molar-refractivity contribution < 1.29 is 4.79 Å². The van der Waals surface area contributed by atoms with E-state index in [9.17, 15) is 4.79 Å². The summed E-state index contributed by atoms with van der Waals surface area (Å²) in [5.74, 6) is 0.481. The number of benzene rings is 1. The Morgan fingerprint density at radius 1 is 0.826 bits per heavy atom. The molecule has 2 heteroatoms. The maximum absolute atomic E-state index is 11.9. The largest absolute Gasteiger partial charge is 0.300 e. The van der Waals surface area contributed by atoms with E-state index in [1.807, 2.05) is 6.07 Å². The van der Waals surface area contributed by atoms with Crippen molar-refractivity contribution in [2.24, 2.45) is 0 Å². The Bertz CT molecular complexity index is 388. The highest BCUT2D eigenvalue weighted by molar-refractivity contribution is 6.35. The van der Waals surface area contributed by atoms with Crippen LogP contribution in [0.3, 0.4) is 0 Å². The van der Waals surface area contributed by atoms with E-state index < -0.39 is 0 Å². The van der Waals surface area contributed by atoms with Crippen LogP contribution in [0.25, 0.3) is 0 Å². The van der Waals surface area contributed by atoms with Crippen LogP contribution in [0.4, 0.5) is 0 Å². The standard InChI is InChI=1S/C13H17O.C8H17.Al.H/c1-2-7-13(14)11-6-10-12-8-4-3-5-9-12;1-3-5-7-8-6-4-2;;/h3-5,8-9H,1-2,6-7,10-11H2;1,3-8H2,2H3;;. The van der Waals surface area contributed by atoms with Gasteiger partial charge in [-0.2, -0.15) is 0 Å². The van der Waals surface area contributed by atoms with Gasteiger partial charge in [-0.1, -0.05) is 92.8 Å².